The van der Waals surface area contributed by atoms with E-state index < -0.39 is 0 Å². The third-order valence-electron chi connectivity index (χ3n) is 3.58. The van der Waals surface area contributed by atoms with Crippen LogP contribution in [0.15, 0.2) is 12.2 Å². The first-order valence-corrected chi connectivity index (χ1v) is 6.68. The Kier molecular flexibility index (Phi) is 5.24. The largest absolute Gasteiger partial charge is 0.299 e. The minimum atomic E-state index is 0.286. The SMILES string of the molecule is C/C=C/CC(CC1CC1C)C(=O)CC(C)C. The molecule has 16 heavy (non-hydrogen) atoms. The molecule has 0 aromatic carbocycles. The van der Waals surface area contributed by atoms with Crippen LogP contribution in [0, 0.1) is 23.7 Å². The van der Waals surface area contributed by atoms with Crippen LogP contribution in [-0.2, 0) is 4.79 Å². The van der Waals surface area contributed by atoms with E-state index in [1.807, 2.05) is 6.92 Å². The molecule has 0 heterocycles. The number of hydrogen-bond donors (Lipinski definition) is 0. The van der Waals surface area contributed by atoms with Crippen molar-refractivity contribution in [2.24, 2.45) is 23.7 Å². The van der Waals surface area contributed by atoms with E-state index in [2.05, 4.69) is 32.9 Å². The molecule has 0 saturated heterocycles. The molecule has 1 aliphatic rings. The Morgan fingerprint density at radius 1 is 1.44 bits per heavy atom. The van der Waals surface area contributed by atoms with E-state index in [0.717, 1.165) is 31.1 Å². The number of allylic oxidation sites excluding steroid dienone is 2. The standard InChI is InChI=1S/C15H26O/c1-5-6-7-13(10-14-9-12(14)4)15(16)8-11(2)3/h5-6,11-14H,7-10H2,1-4H3/b6-5+. The summed E-state index contributed by atoms with van der Waals surface area (Å²) in [7, 11) is 0. The van der Waals surface area contributed by atoms with Gasteiger partial charge in [-0.05, 0) is 43.9 Å². The van der Waals surface area contributed by atoms with Crippen molar-refractivity contribution in [1.29, 1.82) is 0 Å². The molecule has 1 fully saturated rings. The van der Waals surface area contributed by atoms with Gasteiger partial charge in [0.05, 0.1) is 0 Å². The molecular formula is C15H26O. The summed E-state index contributed by atoms with van der Waals surface area (Å²) < 4.78 is 0. The third-order valence-corrected chi connectivity index (χ3v) is 3.58. The fraction of sp³-hybridized carbons (Fsp3) is 0.800. The highest BCUT2D eigenvalue weighted by atomic mass is 16.1. The maximum atomic E-state index is 12.1. The van der Waals surface area contributed by atoms with Crippen LogP contribution in [0.5, 0.6) is 0 Å². The fourth-order valence-corrected chi connectivity index (χ4v) is 2.32. The Balaban J connectivity index is 2.44. The molecule has 1 aliphatic carbocycles. The molecule has 0 N–H and O–H groups in total. The number of hydrogen-bond acceptors (Lipinski definition) is 1. The van der Waals surface area contributed by atoms with Crippen LogP contribution in [0.4, 0.5) is 0 Å². The average molecular weight is 222 g/mol. The van der Waals surface area contributed by atoms with Crippen molar-refractivity contribution < 1.29 is 4.79 Å². The molecule has 0 aliphatic heterocycles. The van der Waals surface area contributed by atoms with E-state index in [-0.39, 0.29) is 5.92 Å². The van der Waals surface area contributed by atoms with Crippen LogP contribution in [0.1, 0.15) is 53.4 Å². The smallest absolute Gasteiger partial charge is 0.136 e. The minimum absolute atomic E-state index is 0.286. The zero-order valence-corrected chi connectivity index (χ0v) is 11.2. The highest BCUT2D eigenvalue weighted by Gasteiger charge is 2.35. The van der Waals surface area contributed by atoms with E-state index in [4.69, 9.17) is 0 Å². The summed E-state index contributed by atoms with van der Waals surface area (Å²) in [4.78, 5) is 12.1. The van der Waals surface area contributed by atoms with Crippen molar-refractivity contribution >= 4 is 5.78 Å². The van der Waals surface area contributed by atoms with Gasteiger partial charge in [0.15, 0.2) is 0 Å². The number of Topliss-reactive ketones (excluding diaryl/α,β-unsaturated/α-hetero) is 1. The molecule has 0 aromatic rings. The van der Waals surface area contributed by atoms with Crippen molar-refractivity contribution in [3.63, 3.8) is 0 Å². The maximum absolute atomic E-state index is 12.1. The van der Waals surface area contributed by atoms with Crippen molar-refractivity contribution in [1.82, 2.24) is 0 Å². The molecule has 0 amide bonds. The second-order valence-electron chi connectivity index (χ2n) is 5.77. The summed E-state index contributed by atoms with van der Waals surface area (Å²) >= 11 is 0. The van der Waals surface area contributed by atoms with Gasteiger partial charge < -0.3 is 0 Å². The first-order chi connectivity index (χ1) is 7.54. The topological polar surface area (TPSA) is 17.1 Å². The molecule has 3 unspecified atom stereocenters. The predicted molar refractivity (Wildman–Crippen MR) is 69.3 cm³/mol. The monoisotopic (exact) mass is 222 g/mol. The quantitative estimate of drug-likeness (QED) is 0.589. The molecule has 1 heteroatoms. The van der Waals surface area contributed by atoms with Crippen LogP contribution in [0.3, 0.4) is 0 Å². The molecule has 0 radical (unpaired) electrons. The molecule has 92 valence electrons. The molecule has 1 nitrogen and oxygen atoms in total. The molecule has 1 saturated carbocycles. The first kappa shape index (κ1) is 13.5. The normalized spacial score (nSPS) is 26.3. The van der Waals surface area contributed by atoms with Crippen LogP contribution in [-0.4, -0.2) is 5.78 Å². The third kappa shape index (κ3) is 4.51. The Morgan fingerprint density at radius 2 is 2.06 bits per heavy atom. The van der Waals surface area contributed by atoms with Crippen molar-refractivity contribution in [3.05, 3.63) is 12.2 Å². The zero-order chi connectivity index (χ0) is 12.1. The van der Waals surface area contributed by atoms with Crippen LogP contribution < -0.4 is 0 Å². The van der Waals surface area contributed by atoms with Crippen LogP contribution in [0.25, 0.3) is 0 Å². The van der Waals surface area contributed by atoms with Crippen molar-refractivity contribution in [2.45, 2.75) is 53.4 Å². The molecule has 1 rings (SSSR count). The fourth-order valence-electron chi connectivity index (χ4n) is 2.32. The minimum Gasteiger partial charge on any atom is -0.299 e. The van der Waals surface area contributed by atoms with Gasteiger partial charge in [0.2, 0.25) is 0 Å². The Labute approximate surface area is 100 Å². The van der Waals surface area contributed by atoms with Crippen LogP contribution in [0.2, 0.25) is 0 Å². The van der Waals surface area contributed by atoms with E-state index in [9.17, 15) is 4.79 Å². The summed E-state index contributed by atoms with van der Waals surface area (Å²) in [6.45, 7) is 8.59. The van der Waals surface area contributed by atoms with Gasteiger partial charge in [0.25, 0.3) is 0 Å². The second-order valence-corrected chi connectivity index (χ2v) is 5.77. The number of carbonyl (C=O) groups excluding carboxylic acids is 1. The van der Waals surface area contributed by atoms with Crippen molar-refractivity contribution in [2.75, 3.05) is 0 Å². The van der Waals surface area contributed by atoms with Gasteiger partial charge >= 0.3 is 0 Å². The predicted octanol–water partition coefficient (Wildman–Crippen LogP) is 4.23. The van der Waals surface area contributed by atoms with Gasteiger partial charge in [-0.1, -0.05) is 32.9 Å². The van der Waals surface area contributed by atoms with Gasteiger partial charge in [0, 0.05) is 12.3 Å². The van der Waals surface area contributed by atoms with Crippen molar-refractivity contribution in [3.8, 4) is 0 Å². The van der Waals surface area contributed by atoms with Gasteiger partial charge in [0.1, 0.15) is 5.78 Å². The molecule has 3 atom stereocenters. The lowest BCUT2D eigenvalue weighted by atomic mass is 9.89. The van der Waals surface area contributed by atoms with E-state index >= 15 is 0 Å². The average Bonchev–Trinajstić information content (AvgIpc) is 2.87. The lowest BCUT2D eigenvalue weighted by Gasteiger charge is -2.15. The highest BCUT2D eigenvalue weighted by molar-refractivity contribution is 5.81. The summed E-state index contributed by atoms with van der Waals surface area (Å²) in [6.07, 6.45) is 8.37. The summed E-state index contributed by atoms with van der Waals surface area (Å²) in [5, 5.41) is 0. The number of ketones is 1. The molecule has 0 bridgehead atoms. The van der Waals surface area contributed by atoms with Gasteiger partial charge in [-0.25, -0.2) is 0 Å². The number of carbonyl (C=O) groups is 1. The van der Waals surface area contributed by atoms with E-state index in [1.54, 1.807) is 0 Å². The zero-order valence-electron chi connectivity index (χ0n) is 11.2. The maximum Gasteiger partial charge on any atom is 0.136 e. The lowest BCUT2D eigenvalue weighted by Crippen LogP contribution is -2.17. The highest BCUT2D eigenvalue weighted by Crippen LogP contribution is 2.43. The van der Waals surface area contributed by atoms with Crippen LogP contribution >= 0.6 is 0 Å². The van der Waals surface area contributed by atoms with E-state index in [1.165, 1.54) is 6.42 Å². The molecule has 0 spiro atoms. The number of rotatable bonds is 7. The molecular weight excluding hydrogens is 196 g/mol. The second kappa shape index (κ2) is 6.22. The van der Waals surface area contributed by atoms with Gasteiger partial charge in [-0.2, -0.15) is 0 Å². The Morgan fingerprint density at radius 3 is 2.50 bits per heavy atom. The summed E-state index contributed by atoms with van der Waals surface area (Å²) in [6, 6.07) is 0. The Bertz CT molecular complexity index is 252. The Hall–Kier alpha value is -0.590. The van der Waals surface area contributed by atoms with Gasteiger partial charge in [-0.15, -0.1) is 0 Å². The summed E-state index contributed by atoms with van der Waals surface area (Å²) in [5.74, 6) is 2.95. The van der Waals surface area contributed by atoms with Gasteiger partial charge in [-0.3, -0.25) is 4.79 Å². The molecule has 0 aromatic heterocycles. The lowest BCUT2D eigenvalue weighted by molar-refractivity contribution is -0.123. The summed E-state index contributed by atoms with van der Waals surface area (Å²) in [5.41, 5.74) is 0. The van der Waals surface area contributed by atoms with E-state index in [0.29, 0.717) is 11.7 Å². The first-order valence-electron chi connectivity index (χ1n) is 6.68.